The number of carbonyl (C=O) groups excluding carboxylic acids is 1. The van der Waals surface area contributed by atoms with E-state index < -0.39 is 37.9 Å². The molecule has 0 radical (unpaired) electrons. The normalized spacial score (nSPS) is 17.7. The number of benzene rings is 2. The number of aliphatic hydroxyl groups excluding tert-OH is 1. The predicted octanol–water partition coefficient (Wildman–Crippen LogP) is 2.26. The average Bonchev–Trinajstić information content (AvgIpc) is 2.88. The van der Waals surface area contributed by atoms with Crippen LogP contribution in [-0.2, 0) is 31.1 Å². The van der Waals surface area contributed by atoms with Gasteiger partial charge in [0, 0.05) is 19.0 Å². The number of aliphatic hydroxyl groups is 1. The second-order valence-corrected chi connectivity index (χ2v) is 14.4. The van der Waals surface area contributed by atoms with E-state index in [-0.39, 0.29) is 60.6 Å². The summed E-state index contributed by atoms with van der Waals surface area (Å²) in [4.78, 5) is 13.2. The highest BCUT2D eigenvalue weighted by atomic mass is 32.2. The molecule has 0 aromatic heterocycles. The van der Waals surface area contributed by atoms with Gasteiger partial charge in [-0.1, -0.05) is 44.2 Å². The van der Waals surface area contributed by atoms with Crippen LogP contribution in [0.1, 0.15) is 32.3 Å². The topological polar surface area (TPSA) is 130 Å². The molecule has 0 aliphatic carbocycles. The first-order chi connectivity index (χ1) is 17.9. The van der Waals surface area contributed by atoms with Gasteiger partial charge in [-0.3, -0.25) is 4.79 Å². The summed E-state index contributed by atoms with van der Waals surface area (Å²) in [5, 5.41) is 14.2. The molecule has 1 aliphatic rings. The summed E-state index contributed by atoms with van der Waals surface area (Å²) in [5.41, 5.74) is 0.872. The van der Waals surface area contributed by atoms with Crippen LogP contribution < -0.4 is 10.1 Å². The average molecular weight is 567 g/mol. The lowest BCUT2D eigenvalue weighted by molar-refractivity contribution is -0.126. The highest BCUT2D eigenvalue weighted by molar-refractivity contribution is 7.91. The van der Waals surface area contributed by atoms with Crippen molar-refractivity contribution in [3.05, 3.63) is 60.2 Å². The van der Waals surface area contributed by atoms with Crippen molar-refractivity contribution in [2.24, 2.45) is 11.8 Å². The summed E-state index contributed by atoms with van der Waals surface area (Å²) in [6.45, 7) is 3.74. The first-order valence-electron chi connectivity index (χ1n) is 12.8. The van der Waals surface area contributed by atoms with Gasteiger partial charge in [0.2, 0.25) is 15.9 Å². The van der Waals surface area contributed by atoms with Crippen molar-refractivity contribution in [1.29, 1.82) is 0 Å². The molecule has 1 aliphatic heterocycles. The Morgan fingerprint density at radius 3 is 2.21 bits per heavy atom. The molecule has 38 heavy (non-hydrogen) atoms. The van der Waals surface area contributed by atoms with E-state index in [1.54, 1.807) is 12.1 Å². The Morgan fingerprint density at radius 1 is 1.05 bits per heavy atom. The third kappa shape index (κ3) is 8.26. The third-order valence-corrected chi connectivity index (χ3v) is 10.2. The van der Waals surface area contributed by atoms with Crippen LogP contribution in [0.4, 0.5) is 0 Å². The zero-order valence-corrected chi connectivity index (χ0v) is 23.7. The fraction of sp³-hybridized carbons (Fsp3) is 0.519. The van der Waals surface area contributed by atoms with Crippen LogP contribution >= 0.6 is 0 Å². The first-order valence-corrected chi connectivity index (χ1v) is 16.0. The van der Waals surface area contributed by atoms with Crippen molar-refractivity contribution in [3.8, 4) is 5.75 Å². The fourth-order valence-corrected chi connectivity index (χ4v) is 7.63. The summed E-state index contributed by atoms with van der Waals surface area (Å²) >= 11 is 0. The molecule has 1 fully saturated rings. The Kier molecular flexibility index (Phi) is 10.3. The van der Waals surface area contributed by atoms with Crippen LogP contribution in [0.5, 0.6) is 5.75 Å². The number of hydrogen-bond donors (Lipinski definition) is 2. The van der Waals surface area contributed by atoms with E-state index in [4.69, 9.17) is 4.74 Å². The lowest BCUT2D eigenvalue weighted by Crippen LogP contribution is -2.52. The van der Waals surface area contributed by atoms with E-state index in [1.165, 1.54) is 23.5 Å². The van der Waals surface area contributed by atoms with Gasteiger partial charge in [-0.15, -0.1) is 0 Å². The summed E-state index contributed by atoms with van der Waals surface area (Å²) in [7, 11) is -5.58. The molecule has 0 saturated carbocycles. The van der Waals surface area contributed by atoms with E-state index in [2.05, 4.69) is 5.32 Å². The van der Waals surface area contributed by atoms with E-state index in [1.807, 2.05) is 44.2 Å². The van der Waals surface area contributed by atoms with E-state index in [0.29, 0.717) is 5.75 Å². The third-order valence-electron chi connectivity index (χ3n) is 6.67. The number of rotatable bonds is 12. The molecule has 0 spiro atoms. The highest BCUT2D eigenvalue weighted by Gasteiger charge is 2.34. The molecule has 2 atom stereocenters. The molecule has 2 aromatic rings. The fourth-order valence-electron chi connectivity index (χ4n) is 4.51. The van der Waals surface area contributed by atoms with Gasteiger partial charge >= 0.3 is 0 Å². The van der Waals surface area contributed by atoms with Gasteiger partial charge in [-0.05, 0) is 55.0 Å². The lowest BCUT2D eigenvalue weighted by Gasteiger charge is -2.32. The Morgan fingerprint density at radius 2 is 1.66 bits per heavy atom. The van der Waals surface area contributed by atoms with Gasteiger partial charge in [0.05, 0.1) is 35.7 Å². The number of ether oxygens (including phenoxy) is 1. The molecular weight excluding hydrogens is 528 g/mol. The standard InChI is InChI=1S/C27H38N2O7S2/c1-20(2)18-29(38(34,35)24-11-9-23(36-3)10-12-24)19-26(30)25(17-21-7-5-4-6-8-21)28-27(31)22-13-15-37(32,33)16-14-22/h4-12,20,22,25-26,30H,13-19H2,1-3H3,(H,28,31)/t25-,26?/m0/s1. The summed E-state index contributed by atoms with van der Waals surface area (Å²) in [6.07, 6.45) is -0.462. The van der Waals surface area contributed by atoms with E-state index >= 15 is 0 Å². The Hall–Kier alpha value is -2.47. The summed E-state index contributed by atoms with van der Waals surface area (Å²) in [6, 6.07) is 14.6. The second-order valence-electron chi connectivity index (χ2n) is 10.2. The molecule has 3 rings (SSSR count). The highest BCUT2D eigenvalue weighted by Crippen LogP contribution is 2.23. The molecule has 2 N–H and O–H groups in total. The van der Waals surface area contributed by atoms with Crippen molar-refractivity contribution in [2.75, 3.05) is 31.7 Å². The zero-order chi connectivity index (χ0) is 27.9. The summed E-state index contributed by atoms with van der Waals surface area (Å²) in [5.74, 6) is -0.368. The predicted molar refractivity (Wildman–Crippen MR) is 146 cm³/mol. The van der Waals surface area contributed by atoms with Crippen LogP contribution in [0.15, 0.2) is 59.5 Å². The number of sulfonamides is 1. The van der Waals surface area contributed by atoms with Crippen LogP contribution in [0.2, 0.25) is 0 Å². The number of nitrogens with one attached hydrogen (secondary N) is 1. The minimum atomic E-state index is -3.95. The molecule has 2 aromatic carbocycles. The van der Waals surface area contributed by atoms with E-state index in [0.717, 1.165) is 5.56 Å². The monoisotopic (exact) mass is 566 g/mol. The van der Waals surface area contributed by atoms with Gasteiger partial charge in [0.15, 0.2) is 0 Å². The zero-order valence-electron chi connectivity index (χ0n) is 22.1. The van der Waals surface area contributed by atoms with Gasteiger partial charge in [-0.2, -0.15) is 4.31 Å². The van der Waals surface area contributed by atoms with Gasteiger partial charge in [0.1, 0.15) is 15.6 Å². The number of amides is 1. The van der Waals surface area contributed by atoms with Crippen molar-refractivity contribution < 1.29 is 31.5 Å². The van der Waals surface area contributed by atoms with Crippen molar-refractivity contribution in [2.45, 2.75) is 50.2 Å². The second kappa shape index (κ2) is 13.1. The van der Waals surface area contributed by atoms with Gasteiger partial charge < -0.3 is 15.2 Å². The Bertz CT molecular complexity index is 1250. The molecule has 1 unspecified atom stereocenters. The van der Waals surface area contributed by atoms with Crippen LogP contribution in [0, 0.1) is 11.8 Å². The molecule has 0 bridgehead atoms. The molecule has 1 saturated heterocycles. The molecule has 9 nitrogen and oxygen atoms in total. The van der Waals surface area contributed by atoms with Crippen LogP contribution in [0.25, 0.3) is 0 Å². The molecule has 1 amide bonds. The maximum absolute atomic E-state index is 13.5. The van der Waals surface area contributed by atoms with Crippen molar-refractivity contribution in [1.82, 2.24) is 9.62 Å². The quantitative estimate of drug-likeness (QED) is 0.403. The van der Waals surface area contributed by atoms with Crippen LogP contribution in [-0.4, -0.2) is 76.0 Å². The summed E-state index contributed by atoms with van der Waals surface area (Å²) < 4.78 is 57.1. The maximum Gasteiger partial charge on any atom is 0.243 e. The minimum absolute atomic E-state index is 0.0124. The SMILES string of the molecule is COc1ccc(S(=O)(=O)N(CC(C)C)CC(O)[C@H](Cc2ccccc2)NC(=O)C2CCS(=O)(=O)CC2)cc1. The van der Waals surface area contributed by atoms with Crippen molar-refractivity contribution in [3.63, 3.8) is 0 Å². The number of sulfone groups is 1. The maximum atomic E-state index is 13.5. The Balaban J connectivity index is 1.83. The van der Waals surface area contributed by atoms with Gasteiger partial charge in [0.25, 0.3) is 0 Å². The molecule has 210 valence electrons. The number of methoxy groups -OCH3 is 1. The van der Waals surface area contributed by atoms with E-state index in [9.17, 15) is 26.7 Å². The largest absolute Gasteiger partial charge is 0.497 e. The van der Waals surface area contributed by atoms with Crippen molar-refractivity contribution >= 4 is 25.8 Å². The smallest absolute Gasteiger partial charge is 0.243 e. The number of hydrogen-bond acceptors (Lipinski definition) is 7. The van der Waals surface area contributed by atoms with Crippen LogP contribution in [0.3, 0.4) is 0 Å². The molecule has 1 heterocycles. The lowest BCUT2D eigenvalue weighted by atomic mass is 9.97. The number of nitrogens with zero attached hydrogens (tertiary/aromatic N) is 1. The minimum Gasteiger partial charge on any atom is -0.497 e. The first kappa shape index (κ1) is 30.1. The van der Waals surface area contributed by atoms with Gasteiger partial charge in [-0.25, -0.2) is 16.8 Å². The molecular formula is C27H38N2O7S2. The molecule has 11 heteroatoms. The Labute approximate surface area is 226 Å². The number of carbonyl (C=O) groups is 1.